The summed E-state index contributed by atoms with van der Waals surface area (Å²) in [4.78, 5) is 34.3. The summed E-state index contributed by atoms with van der Waals surface area (Å²) in [6.07, 6.45) is 0.640. The molecule has 2 aromatic carbocycles. The minimum atomic E-state index is -1.08. The van der Waals surface area contributed by atoms with Crippen molar-refractivity contribution in [1.29, 1.82) is 0 Å². The van der Waals surface area contributed by atoms with E-state index in [-0.39, 0.29) is 30.9 Å². The number of carbonyl (C=O) groups excluding carboxylic acids is 2. The second-order valence-corrected chi connectivity index (χ2v) is 7.41. The lowest BCUT2D eigenvalue weighted by atomic mass is 9.98. The van der Waals surface area contributed by atoms with Gasteiger partial charge < -0.3 is 20.5 Å². The molecule has 1 unspecified atom stereocenters. The summed E-state index contributed by atoms with van der Waals surface area (Å²) in [5.41, 5.74) is 4.68. The quantitative estimate of drug-likeness (QED) is 0.551. The second kappa shape index (κ2) is 9.91. The van der Waals surface area contributed by atoms with Crippen molar-refractivity contribution in [2.75, 3.05) is 19.7 Å². The monoisotopic (exact) mass is 410 g/mol. The van der Waals surface area contributed by atoms with E-state index in [9.17, 15) is 14.4 Å². The first kappa shape index (κ1) is 21.4. The van der Waals surface area contributed by atoms with E-state index in [2.05, 4.69) is 34.9 Å². The number of carboxylic acid groups (broad SMARTS) is 1. The standard InChI is InChI=1S/C23H26N2O5/c1-15(22(28)25-13-21(26)27)7-6-12-24-23(29)30-14-20-18-10-4-2-8-16(18)17-9-3-5-11-19(17)20/h2-5,8-11,15,20H,6-7,12-14H2,1H3,(H,24,29)(H,25,28)(H,26,27). The van der Waals surface area contributed by atoms with E-state index in [4.69, 9.17) is 9.84 Å². The largest absolute Gasteiger partial charge is 0.480 e. The zero-order valence-electron chi connectivity index (χ0n) is 16.9. The summed E-state index contributed by atoms with van der Waals surface area (Å²) in [6, 6.07) is 16.3. The topological polar surface area (TPSA) is 105 Å². The first-order valence-electron chi connectivity index (χ1n) is 10.1. The minimum absolute atomic E-state index is 0.0149. The number of hydrogen-bond acceptors (Lipinski definition) is 4. The molecule has 1 atom stereocenters. The van der Waals surface area contributed by atoms with Crippen LogP contribution in [0.15, 0.2) is 48.5 Å². The van der Waals surface area contributed by atoms with Crippen LogP contribution in [-0.2, 0) is 14.3 Å². The molecule has 3 rings (SSSR count). The van der Waals surface area contributed by atoms with Gasteiger partial charge in [0.05, 0.1) is 0 Å². The highest BCUT2D eigenvalue weighted by Gasteiger charge is 2.28. The molecule has 0 heterocycles. The number of benzene rings is 2. The van der Waals surface area contributed by atoms with Crippen LogP contribution in [0.1, 0.15) is 36.8 Å². The van der Waals surface area contributed by atoms with Gasteiger partial charge in [0.1, 0.15) is 13.2 Å². The van der Waals surface area contributed by atoms with Crippen molar-refractivity contribution in [3.8, 4) is 11.1 Å². The Kier molecular flexibility index (Phi) is 7.06. The Morgan fingerprint density at radius 3 is 2.20 bits per heavy atom. The minimum Gasteiger partial charge on any atom is -0.480 e. The molecule has 2 aromatic rings. The van der Waals surface area contributed by atoms with E-state index in [1.54, 1.807) is 6.92 Å². The average Bonchev–Trinajstić information content (AvgIpc) is 3.07. The fourth-order valence-corrected chi connectivity index (χ4v) is 3.72. The number of carboxylic acids is 1. The van der Waals surface area contributed by atoms with E-state index in [1.807, 2.05) is 24.3 Å². The van der Waals surface area contributed by atoms with Crippen LogP contribution in [0.3, 0.4) is 0 Å². The van der Waals surface area contributed by atoms with E-state index >= 15 is 0 Å². The smallest absolute Gasteiger partial charge is 0.407 e. The zero-order valence-corrected chi connectivity index (χ0v) is 16.9. The number of aliphatic carboxylic acids is 1. The van der Waals surface area contributed by atoms with Crippen molar-refractivity contribution in [2.24, 2.45) is 5.92 Å². The van der Waals surface area contributed by atoms with E-state index < -0.39 is 12.1 Å². The number of fused-ring (bicyclic) bond motifs is 3. The van der Waals surface area contributed by atoms with Gasteiger partial charge in [0.2, 0.25) is 5.91 Å². The second-order valence-electron chi connectivity index (χ2n) is 7.41. The Balaban J connectivity index is 1.42. The molecule has 0 bridgehead atoms. The average molecular weight is 410 g/mol. The molecule has 1 aliphatic carbocycles. The third-order valence-electron chi connectivity index (χ3n) is 5.29. The van der Waals surface area contributed by atoms with Crippen LogP contribution < -0.4 is 10.6 Å². The molecule has 7 heteroatoms. The van der Waals surface area contributed by atoms with Gasteiger partial charge in [-0.05, 0) is 35.1 Å². The van der Waals surface area contributed by atoms with Crippen LogP contribution in [0, 0.1) is 5.92 Å². The van der Waals surface area contributed by atoms with E-state index in [0.717, 1.165) is 11.1 Å². The van der Waals surface area contributed by atoms with Crippen LogP contribution in [0.2, 0.25) is 0 Å². The number of nitrogens with one attached hydrogen (secondary N) is 2. The molecule has 0 aliphatic heterocycles. The van der Waals surface area contributed by atoms with Gasteiger partial charge in [-0.15, -0.1) is 0 Å². The van der Waals surface area contributed by atoms with Crippen molar-refractivity contribution in [3.05, 3.63) is 59.7 Å². The maximum Gasteiger partial charge on any atom is 0.407 e. The van der Waals surface area contributed by atoms with Gasteiger partial charge in [-0.3, -0.25) is 9.59 Å². The van der Waals surface area contributed by atoms with Crippen LogP contribution in [-0.4, -0.2) is 42.8 Å². The molecule has 0 saturated heterocycles. The number of alkyl carbamates (subject to hydrolysis) is 1. The van der Waals surface area contributed by atoms with Crippen LogP contribution in [0.25, 0.3) is 11.1 Å². The normalized spacial score (nSPS) is 13.1. The highest BCUT2D eigenvalue weighted by Crippen LogP contribution is 2.44. The summed E-state index contributed by atoms with van der Waals surface area (Å²) in [6.45, 7) is 1.98. The Morgan fingerprint density at radius 2 is 1.60 bits per heavy atom. The van der Waals surface area contributed by atoms with E-state index in [0.29, 0.717) is 19.4 Å². The number of ether oxygens (including phenoxy) is 1. The Hall–Kier alpha value is -3.35. The van der Waals surface area contributed by atoms with Crippen LogP contribution >= 0.6 is 0 Å². The third-order valence-corrected chi connectivity index (χ3v) is 5.29. The molecule has 7 nitrogen and oxygen atoms in total. The first-order chi connectivity index (χ1) is 14.5. The lowest BCUT2D eigenvalue weighted by molar-refractivity contribution is -0.138. The number of carbonyl (C=O) groups is 3. The van der Waals surface area contributed by atoms with Crippen molar-refractivity contribution in [3.63, 3.8) is 0 Å². The first-order valence-corrected chi connectivity index (χ1v) is 10.1. The molecule has 158 valence electrons. The lowest BCUT2D eigenvalue weighted by Crippen LogP contribution is -2.34. The lowest BCUT2D eigenvalue weighted by Gasteiger charge is -2.15. The molecule has 0 aromatic heterocycles. The SMILES string of the molecule is CC(CCCNC(=O)OCC1c2ccccc2-c2ccccc21)C(=O)NCC(=O)O. The summed E-state index contributed by atoms with van der Waals surface area (Å²) in [5, 5.41) is 13.6. The zero-order chi connectivity index (χ0) is 21.5. The maximum atomic E-state index is 12.1. The maximum absolute atomic E-state index is 12.1. The van der Waals surface area contributed by atoms with Gasteiger partial charge >= 0.3 is 12.1 Å². The molecule has 0 spiro atoms. The van der Waals surface area contributed by atoms with Crippen LogP contribution in [0.4, 0.5) is 4.79 Å². The van der Waals surface area contributed by atoms with Gasteiger partial charge in [0, 0.05) is 18.4 Å². The molecule has 2 amide bonds. The van der Waals surface area contributed by atoms with Crippen molar-refractivity contribution in [2.45, 2.75) is 25.7 Å². The number of rotatable bonds is 9. The summed E-state index contributed by atoms with van der Waals surface area (Å²) < 4.78 is 5.46. The van der Waals surface area contributed by atoms with Crippen molar-refractivity contribution < 1.29 is 24.2 Å². The molecule has 0 fully saturated rings. The summed E-state index contributed by atoms with van der Waals surface area (Å²) >= 11 is 0. The molecule has 3 N–H and O–H groups in total. The fraction of sp³-hybridized carbons (Fsp3) is 0.348. The molecule has 1 aliphatic rings. The number of hydrogen-bond donors (Lipinski definition) is 3. The van der Waals surface area contributed by atoms with Crippen molar-refractivity contribution in [1.82, 2.24) is 10.6 Å². The summed E-state index contributed by atoms with van der Waals surface area (Å²) in [5.74, 6) is -1.69. The molecule has 0 saturated carbocycles. The molecule has 0 radical (unpaired) electrons. The number of amides is 2. The summed E-state index contributed by atoms with van der Waals surface area (Å²) in [7, 11) is 0. The van der Waals surface area contributed by atoms with Gasteiger partial charge in [0.15, 0.2) is 0 Å². The highest BCUT2D eigenvalue weighted by atomic mass is 16.5. The van der Waals surface area contributed by atoms with Crippen LogP contribution in [0.5, 0.6) is 0 Å². The van der Waals surface area contributed by atoms with Gasteiger partial charge in [-0.1, -0.05) is 55.5 Å². The third kappa shape index (κ3) is 5.17. The molecular weight excluding hydrogens is 384 g/mol. The Morgan fingerprint density at radius 1 is 1.00 bits per heavy atom. The van der Waals surface area contributed by atoms with E-state index in [1.165, 1.54) is 11.1 Å². The van der Waals surface area contributed by atoms with Gasteiger partial charge in [0.25, 0.3) is 0 Å². The van der Waals surface area contributed by atoms with Crippen molar-refractivity contribution >= 4 is 18.0 Å². The molecular formula is C23H26N2O5. The van der Waals surface area contributed by atoms with Gasteiger partial charge in [-0.2, -0.15) is 0 Å². The highest BCUT2D eigenvalue weighted by molar-refractivity contribution is 5.82. The predicted molar refractivity (Wildman–Crippen MR) is 112 cm³/mol. The molecule has 30 heavy (non-hydrogen) atoms. The fourth-order valence-electron chi connectivity index (χ4n) is 3.72. The predicted octanol–water partition coefficient (Wildman–Crippen LogP) is 3.14. The Bertz CT molecular complexity index is 882. The Labute approximate surface area is 175 Å². The van der Waals surface area contributed by atoms with Gasteiger partial charge in [-0.25, -0.2) is 4.79 Å².